The van der Waals surface area contributed by atoms with Crippen LogP contribution in [0, 0.1) is 24.7 Å². The number of nitrogens with one attached hydrogen (secondary N) is 2. The molecule has 0 radical (unpaired) electrons. The van der Waals surface area contributed by atoms with E-state index in [1.165, 1.54) is 49.6 Å². The van der Waals surface area contributed by atoms with Crippen molar-refractivity contribution in [1.29, 1.82) is 5.41 Å². The lowest BCUT2D eigenvalue weighted by Gasteiger charge is -2.33. The molecule has 8 heteroatoms. The minimum absolute atomic E-state index is 0.350. The molecule has 5 rings (SSSR count). The molecule has 3 heterocycles. The van der Waals surface area contributed by atoms with Crippen molar-refractivity contribution in [3.05, 3.63) is 64.1 Å². The van der Waals surface area contributed by atoms with Crippen molar-refractivity contribution in [2.24, 2.45) is 11.1 Å². The van der Waals surface area contributed by atoms with Gasteiger partial charge in [-0.1, -0.05) is 25.0 Å². The third-order valence-corrected chi connectivity index (χ3v) is 8.66. The molecular weight excluding hydrogens is 486 g/mol. The van der Waals surface area contributed by atoms with Gasteiger partial charge in [0, 0.05) is 55.8 Å². The normalized spacial score (nSPS) is 16.3. The van der Waals surface area contributed by atoms with E-state index >= 15 is 0 Å². The number of pyridine rings is 1. The average Bonchev–Trinajstić information content (AvgIpc) is 3.54. The van der Waals surface area contributed by atoms with Crippen LogP contribution in [0.15, 0.2) is 30.3 Å². The van der Waals surface area contributed by atoms with Crippen LogP contribution in [0.3, 0.4) is 0 Å². The number of fused-ring (bicyclic) bond motifs is 1. The first-order chi connectivity index (χ1) is 18.9. The summed E-state index contributed by atoms with van der Waals surface area (Å²) >= 11 is 0. The van der Waals surface area contributed by atoms with E-state index in [0.717, 1.165) is 78.8 Å². The van der Waals surface area contributed by atoms with Gasteiger partial charge in [0.1, 0.15) is 11.6 Å². The highest BCUT2D eigenvalue weighted by molar-refractivity contribution is 5.92. The molecular formula is C31H43N7O. The van der Waals surface area contributed by atoms with E-state index in [-0.39, 0.29) is 0 Å². The molecule has 0 atom stereocenters. The van der Waals surface area contributed by atoms with E-state index in [4.69, 9.17) is 26.0 Å². The van der Waals surface area contributed by atoms with Crippen LogP contribution in [0.1, 0.15) is 72.3 Å². The SMILES string of the molecule is COc1ccc(CNc2nc(C)cc(N3CCc4c(c(C)nn4CC4(CCCN)CCCC4)C3)c2C=N)cc1. The number of hydrogen-bond donors (Lipinski definition) is 3. The van der Waals surface area contributed by atoms with Gasteiger partial charge in [-0.25, -0.2) is 4.98 Å². The van der Waals surface area contributed by atoms with Gasteiger partial charge < -0.3 is 26.1 Å². The van der Waals surface area contributed by atoms with Crippen LogP contribution in [-0.4, -0.2) is 41.2 Å². The summed E-state index contributed by atoms with van der Waals surface area (Å²) in [6, 6.07) is 10.1. The van der Waals surface area contributed by atoms with E-state index in [9.17, 15) is 0 Å². The third-order valence-electron chi connectivity index (χ3n) is 8.66. The van der Waals surface area contributed by atoms with Crippen LogP contribution >= 0.6 is 0 Å². The van der Waals surface area contributed by atoms with Crippen LogP contribution in [0.25, 0.3) is 0 Å². The molecule has 4 N–H and O–H groups in total. The smallest absolute Gasteiger partial charge is 0.137 e. The molecule has 2 aromatic heterocycles. The number of benzene rings is 1. The lowest BCUT2D eigenvalue weighted by atomic mass is 9.81. The molecule has 3 aromatic rings. The standard InChI is InChI=1S/C31H43N7O/c1-22-17-29(26(18-33)30(35-22)34-19-24-7-9-25(39-3)10-8-24)37-16-11-28-27(20-37)23(2)36-38(28)21-31(14-6-15-32)12-4-5-13-31/h7-10,17-18,33H,4-6,11-16,19-21,32H2,1-3H3,(H,34,35). The van der Waals surface area contributed by atoms with Gasteiger partial charge in [0.2, 0.25) is 0 Å². The fourth-order valence-corrected chi connectivity index (χ4v) is 6.54. The van der Waals surface area contributed by atoms with Crippen molar-refractivity contribution < 1.29 is 4.74 Å². The fourth-order valence-electron chi connectivity index (χ4n) is 6.54. The molecule has 1 fully saturated rings. The minimum Gasteiger partial charge on any atom is -0.497 e. The lowest BCUT2D eigenvalue weighted by Crippen LogP contribution is -2.33. The van der Waals surface area contributed by atoms with E-state index in [1.54, 1.807) is 7.11 Å². The topological polar surface area (TPSA) is 105 Å². The van der Waals surface area contributed by atoms with Crippen molar-refractivity contribution in [3.63, 3.8) is 0 Å². The summed E-state index contributed by atoms with van der Waals surface area (Å²) in [6.45, 7) is 8.29. The second-order valence-electron chi connectivity index (χ2n) is 11.3. The molecule has 1 aliphatic carbocycles. The van der Waals surface area contributed by atoms with Gasteiger partial charge in [0.05, 0.1) is 24.1 Å². The van der Waals surface area contributed by atoms with Gasteiger partial charge in [-0.2, -0.15) is 5.10 Å². The first kappa shape index (κ1) is 27.2. The molecule has 208 valence electrons. The van der Waals surface area contributed by atoms with E-state index < -0.39 is 0 Å². The molecule has 1 aromatic carbocycles. The van der Waals surface area contributed by atoms with Crippen LogP contribution in [0.5, 0.6) is 5.75 Å². The van der Waals surface area contributed by atoms with Gasteiger partial charge in [-0.05, 0) is 75.3 Å². The zero-order chi connectivity index (χ0) is 27.4. The Balaban J connectivity index is 1.36. The maximum absolute atomic E-state index is 8.27. The second-order valence-corrected chi connectivity index (χ2v) is 11.3. The molecule has 0 bridgehead atoms. The maximum Gasteiger partial charge on any atom is 0.137 e. The van der Waals surface area contributed by atoms with Gasteiger partial charge in [0.15, 0.2) is 0 Å². The summed E-state index contributed by atoms with van der Waals surface area (Å²) in [6.07, 6.45) is 9.91. The number of aryl methyl sites for hydroxylation is 2. The van der Waals surface area contributed by atoms with E-state index in [2.05, 4.69) is 27.9 Å². The summed E-state index contributed by atoms with van der Waals surface area (Å²) in [5.74, 6) is 1.59. The molecule has 39 heavy (non-hydrogen) atoms. The minimum atomic E-state index is 0.350. The Morgan fingerprint density at radius 3 is 2.64 bits per heavy atom. The molecule has 0 unspecified atom stereocenters. The Morgan fingerprint density at radius 1 is 1.18 bits per heavy atom. The number of nitrogens with two attached hydrogens (primary N) is 1. The molecule has 1 saturated carbocycles. The van der Waals surface area contributed by atoms with Gasteiger partial charge in [-0.3, -0.25) is 4.68 Å². The Kier molecular flexibility index (Phi) is 8.21. The Hall–Kier alpha value is -3.39. The molecule has 8 nitrogen and oxygen atoms in total. The first-order valence-electron chi connectivity index (χ1n) is 14.3. The summed E-state index contributed by atoms with van der Waals surface area (Å²) in [4.78, 5) is 7.16. The number of methoxy groups -OCH3 is 1. The van der Waals surface area contributed by atoms with E-state index in [1.807, 2.05) is 31.2 Å². The highest BCUT2D eigenvalue weighted by Gasteiger charge is 2.36. The van der Waals surface area contributed by atoms with Crippen molar-refractivity contribution in [1.82, 2.24) is 14.8 Å². The molecule has 2 aliphatic rings. The highest BCUT2D eigenvalue weighted by Crippen LogP contribution is 2.44. The predicted molar refractivity (Wildman–Crippen MR) is 158 cm³/mol. The largest absolute Gasteiger partial charge is 0.497 e. The average molecular weight is 530 g/mol. The van der Waals surface area contributed by atoms with E-state index in [0.29, 0.717) is 12.0 Å². The summed E-state index contributed by atoms with van der Waals surface area (Å²) in [5, 5.41) is 16.8. The van der Waals surface area contributed by atoms with Crippen LogP contribution in [0.4, 0.5) is 11.5 Å². The van der Waals surface area contributed by atoms with Gasteiger partial charge in [0.25, 0.3) is 0 Å². The van der Waals surface area contributed by atoms with Crippen molar-refractivity contribution in [3.8, 4) is 5.75 Å². The van der Waals surface area contributed by atoms with Crippen molar-refractivity contribution >= 4 is 17.7 Å². The summed E-state index contributed by atoms with van der Waals surface area (Å²) in [5.41, 5.74) is 14.1. The Bertz CT molecular complexity index is 1290. The summed E-state index contributed by atoms with van der Waals surface area (Å²) in [7, 11) is 1.67. The molecule has 0 saturated heterocycles. The van der Waals surface area contributed by atoms with Gasteiger partial charge in [-0.15, -0.1) is 0 Å². The number of aromatic nitrogens is 3. The molecule has 1 aliphatic heterocycles. The second kappa shape index (κ2) is 11.8. The zero-order valence-corrected chi connectivity index (χ0v) is 23.7. The number of ether oxygens (including phenoxy) is 1. The van der Waals surface area contributed by atoms with Crippen LogP contribution < -0.4 is 20.7 Å². The van der Waals surface area contributed by atoms with Crippen LogP contribution in [-0.2, 0) is 26.1 Å². The van der Waals surface area contributed by atoms with Crippen LogP contribution in [0.2, 0.25) is 0 Å². The molecule has 0 spiro atoms. The highest BCUT2D eigenvalue weighted by atomic mass is 16.5. The maximum atomic E-state index is 8.27. The number of nitrogens with zero attached hydrogens (tertiary/aromatic N) is 4. The monoisotopic (exact) mass is 529 g/mol. The first-order valence-corrected chi connectivity index (χ1v) is 14.3. The molecule has 0 amide bonds. The Morgan fingerprint density at radius 2 is 1.95 bits per heavy atom. The summed E-state index contributed by atoms with van der Waals surface area (Å²) < 4.78 is 7.61. The lowest BCUT2D eigenvalue weighted by molar-refractivity contribution is 0.209. The number of rotatable bonds is 11. The van der Waals surface area contributed by atoms with Crippen molar-refractivity contribution in [2.75, 3.05) is 30.4 Å². The zero-order valence-electron chi connectivity index (χ0n) is 23.7. The predicted octanol–water partition coefficient (Wildman–Crippen LogP) is 5.38. The number of hydrogen-bond acceptors (Lipinski definition) is 7. The third kappa shape index (κ3) is 5.81. The fraction of sp³-hybridized carbons (Fsp3) is 0.516. The van der Waals surface area contributed by atoms with Gasteiger partial charge >= 0.3 is 0 Å². The number of anilines is 2. The Labute approximate surface area is 232 Å². The quantitative estimate of drug-likeness (QED) is 0.288. The van der Waals surface area contributed by atoms with Crippen molar-refractivity contribution in [2.45, 2.75) is 78.4 Å².